The number of amides is 1. The van der Waals surface area contributed by atoms with E-state index in [0.29, 0.717) is 11.0 Å². The molecule has 2 rings (SSSR count). The quantitative estimate of drug-likeness (QED) is 0.789. The summed E-state index contributed by atoms with van der Waals surface area (Å²) in [4.78, 5) is 14.8. The lowest BCUT2D eigenvalue weighted by molar-refractivity contribution is 0.270. The minimum atomic E-state index is -0.439. The van der Waals surface area contributed by atoms with Gasteiger partial charge in [0.2, 0.25) is 5.13 Å². The number of anilines is 1. The van der Waals surface area contributed by atoms with Gasteiger partial charge in [0, 0.05) is 17.1 Å². The lowest BCUT2D eigenvalue weighted by atomic mass is 10.2. The minimum absolute atomic E-state index is 0.439. The number of nitrogens with zero attached hydrogens (tertiary/aromatic N) is 2. The molecule has 1 aromatic carbocycles. The van der Waals surface area contributed by atoms with Crippen LogP contribution in [0.15, 0.2) is 30.3 Å². The zero-order valence-corrected chi connectivity index (χ0v) is 9.26. The van der Waals surface area contributed by atoms with Crippen LogP contribution in [0, 0.1) is 0 Å². The first kappa shape index (κ1) is 10.1. The predicted molar refractivity (Wildman–Crippen MR) is 63.3 cm³/mol. The van der Waals surface area contributed by atoms with Crippen molar-refractivity contribution < 1.29 is 4.79 Å². The molecule has 0 aliphatic rings. The van der Waals surface area contributed by atoms with Crippen LogP contribution in [-0.2, 0) is 0 Å². The molecule has 0 unspecified atom stereocenters. The van der Waals surface area contributed by atoms with Crippen LogP contribution in [0.2, 0.25) is 0 Å². The van der Waals surface area contributed by atoms with Gasteiger partial charge in [-0.1, -0.05) is 43.0 Å². The number of thiol groups is 1. The molecule has 0 atom stereocenters. The van der Waals surface area contributed by atoms with Gasteiger partial charge in [-0.05, 0) is 0 Å². The monoisotopic (exact) mass is 237 g/mol. The van der Waals surface area contributed by atoms with Crippen LogP contribution in [0.4, 0.5) is 9.93 Å². The van der Waals surface area contributed by atoms with Gasteiger partial charge in [0.05, 0.1) is 0 Å². The van der Waals surface area contributed by atoms with Gasteiger partial charge in [-0.15, -0.1) is 0 Å². The van der Waals surface area contributed by atoms with E-state index >= 15 is 0 Å². The van der Waals surface area contributed by atoms with Gasteiger partial charge in [-0.25, -0.2) is 0 Å². The Balaban J connectivity index is 2.24. The van der Waals surface area contributed by atoms with Crippen LogP contribution in [0.5, 0.6) is 0 Å². The zero-order chi connectivity index (χ0) is 10.7. The fourth-order valence-corrected chi connectivity index (χ4v) is 1.84. The molecule has 0 spiro atoms. The first-order chi connectivity index (χ1) is 7.25. The smallest absolute Gasteiger partial charge is 0.282 e. The average Bonchev–Trinajstić information content (AvgIpc) is 2.67. The van der Waals surface area contributed by atoms with E-state index in [-0.39, 0.29) is 0 Å². The Hall–Kier alpha value is -1.40. The highest BCUT2D eigenvalue weighted by Gasteiger charge is 2.06. The molecule has 76 valence electrons. The zero-order valence-electron chi connectivity index (χ0n) is 7.54. The van der Waals surface area contributed by atoms with Crippen molar-refractivity contribution in [2.75, 3.05) is 5.32 Å². The highest BCUT2D eigenvalue weighted by molar-refractivity contribution is 7.96. The number of aromatic nitrogens is 2. The number of carbonyl (C=O) groups excluding carboxylic acids is 1. The summed E-state index contributed by atoms with van der Waals surface area (Å²) < 4.78 is 4.12. The second-order valence-electron chi connectivity index (χ2n) is 2.72. The molecule has 1 heterocycles. The lowest BCUT2D eigenvalue weighted by Gasteiger charge is -1.93. The van der Waals surface area contributed by atoms with Crippen molar-refractivity contribution in [3.8, 4) is 11.4 Å². The molecule has 1 N–H and O–H groups in total. The number of nitrogens with one attached hydrogen (secondary N) is 1. The van der Waals surface area contributed by atoms with Crippen LogP contribution in [0.3, 0.4) is 0 Å². The number of benzene rings is 1. The van der Waals surface area contributed by atoms with Gasteiger partial charge < -0.3 is 0 Å². The van der Waals surface area contributed by atoms with Crippen LogP contribution in [0.1, 0.15) is 0 Å². The Bertz CT molecular complexity index is 469. The van der Waals surface area contributed by atoms with E-state index in [2.05, 4.69) is 27.3 Å². The number of rotatable bonds is 2. The van der Waals surface area contributed by atoms with Gasteiger partial charge in [0.15, 0.2) is 5.82 Å². The van der Waals surface area contributed by atoms with Crippen molar-refractivity contribution in [3.05, 3.63) is 30.3 Å². The van der Waals surface area contributed by atoms with E-state index in [9.17, 15) is 4.79 Å². The van der Waals surface area contributed by atoms with Crippen molar-refractivity contribution in [1.82, 2.24) is 9.36 Å². The van der Waals surface area contributed by atoms with E-state index < -0.39 is 5.24 Å². The summed E-state index contributed by atoms with van der Waals surface area (Å²) in [5, 5.41) is 2.48. The molecule has 0 saturated carbocycles. The van der Waals surface area contributed by atoms with Crippen LogP contribution in [0.25, 0.3) is 11.4 Å². The van der Waals surface area contributed by atoms with E-state index in [4.69, 9.17) is 0 Å². The SMILES string of the molecule is O=C(S)Nc1nc(-c2ccccc2)ns1. The number of hydrogen-bond donors (Lipinski definition) is 2. The molecule has 0 aliphatic carbocycles. The normalized spacial score (nSPS) is 9.93. The Morgan fingerprint density at radius 1 is 1.33 bits per heavy atom. The largest absolute Gasteiger partial charge is 0.292 e. The summed E-state index contributed by atoms with van der Waals surface area (Å²) in [6.45, 7) is 0. The molecule has 2 aromatic rings. The molecule has 0 radical (unpaired) electrons. The van der Waals surface area contributed by atoms with Crippen LogP contribution < -0.4 is 5.32 Å². The molecule has 1 amide bonds. The van der Waals surface area contributed by atoms with Crippen molar-refractivity contribution in [1.29, 1.82) is 0 Å². The maximum absolute atomic E-state index is 10.7. The van der Waals surface area contributed by atoms with Gasteiger partial charge in [-0.3, -0.25) is 10.1 Å². The molecule has 1 aromatic heterocycles. The van der Waals surface area contributed by atoms with E-state index in [0.717, 1.165) is 17.1 Å². The summed E-state index contributed by atoms with van der Waals surface area (Å²) in [7, 11) is 0. The van der Waals surface area contributed by atoms with E-state index in [1.807, 2.05) is 30.3 Å². The van der Waals surface area contributed by atoms with Gasteiger partial charge in [0.1, 0.15) is 0 Å². The molecule has 0 bridgehead atoms. The molecule has 4 nitrogen and oxygen atoms in total. The van der Waals surface area contributed by atoms with Crippen molar-refractivity contribution in [3.63, 3.8) is 0 Å². The third kappa shape index (κ3) is 2.54. The summed E-state index contributed by atoms with van der Waals surface area (Å²) in [6.07, 6.45) is 0. The second-order valence-corrected chi connectivity index (χ2v) is 3.88. The van der Waals surface area contributed by atoms with E-state index in [1.54, 1.807) is 0 Å². The summed E-state index contributed by atoms with van der Waals surface area (Å²) in [5.41, 5.74) is 0.924. The van der Waals surface area contributed by atoms with Gasteiger partial charge in [0.25, 0.3) is 5.24 Å². The second kappa shape index (κ2) is 4.41. The van der Waals surface area contributed by atoms with Crippen LogP contribution >= 0.6 is 24.2 Å². The topological polar surface area (TPSA) is 54.9 Å². The fourth-order valence-electron chi connectivity index (χ4n) is 1.07. The maximum Gasteiger partial charge on any atom is 0.282 e. The Kier molecular flexibility index (Phi) is 2.98. The van der Waals surface area contributed by atoms with Gasteiger partial charge >= 0.3 is 0 Å². The van der Waals surface area contributed by atoms with Crippen LogP contribution in [-0.4, -0.2) is 14.6 Å². The first-order valence-corrected chi connectivity index (χ1v) is 5.37. The Morgan fingerprint density at radius 3 is 2.73 bits per heavy atom. The molecule has 0 fully saturated rings. The Morgan fingerprint density at radius 2 is 2.07 bits per heavy atom. The summed E-state index contributed by atoms with van der Waals surface area (Å²) in [5.74, 6) is 0.609. The molecule has 6 heteroatoms. The maximum atomic E-state index is 10.7. The summed E-state index contributed by atoms with van der Waals surface area (Å²) >= 11 is 4.73. The molecular weight excluding hydrogens is 230 g/mol. The number of carbonyl (C=O) groups is 1. The molecule has 0 aliphatic heterocycles. The third-order valence-corrected chi connectivity index (χ3v) is 2.41. The van der Waals surface area contributed by atoms with Gasteiger partial charge in [-0.2, -0.15) is 9.36 Å². The highest BCUT2D eigenvalue weighted by Crippen LogP contribution is 2.20. The van der Waals surface area contributed by atoms with Crippen molar-refractivity contribution >= 4 is 34.5 Å². The molecule has 0 saturated heterocycles. The van der Waals surface area contributed by atoms with Crippen molar-refractivity contribution in [2.24, 2.45) is 0 Å². The fraction of sp³-hybridized carbons (Fsp3) is 0. The first-order valence-electron chi connectivity index (χ1n) is 4.15. The van der Waals surface area contributed by atoms with Crippen molar-refractivity contribution in [2.45, 2.75) is 0 Å². The number of hydrogen-bond acceptors (Lipinski definition) is 4. The molecule has 15 heavy (non-hydrogen) atoms. The standard InChI is InChI=1S/C9H7N3OS2/c13-9(14)11-8-10-7(12-15-8)6-4-2-1-3-5-6/h1-5H,(H2,10,11,12,13,14). The predicted octanol–water partition coefficient (Wildman–Crippen LogP) is 2.67. The highest BCUT2D eigenvalue weighted by atomic mass is 32.1. The Labute approximate surface area is 95.9 Å². The molecular formula is C9H7N3OS2. The average molecular weight is 237 g/mol. The minimum Gasteiger partial charge on any atom is -0.292 e. The summed E-state index contributed by atoms with van der Waals surface area (Å²) in [6, 6.07) is 9.56. The lowest BCUT2D eigenvalue weighted by Crippen LogP contribution is -1.99. The third-order valence-electron chi connectivity index (χ3n) is 1.67. The van der Waals surface area contributed by atoms with E-state index in [1.165, 1.54) is 0 Å².